The molecule has 0 unspecified atom stereocenters. The van der Waals surface area contributed by atoms with Crippen molar-refractivity contribution in [1.29, 1.82) is 0 Å². The molecule has 3 rings (SSSR count). The maximum Gasteiger partial charge on any atom is 0.272 e. The molecule has 2 amide bonds. The second kappa shape index (κ2) is 8.71. The summed E-state index contributed by atoms with van der Waals surface area (Å²) in [5, 5.41) is 9.27. The van der Waals surface area contributed by atoms with Gasteiger partial charge in [0.25, 0.3) is 11.8 Å². The maximum absolute atomic E-state index is 13.5. The average molecular weight is 413 g/mol. The smallest absolute Gasteiger partial charge is 0.272 e. The standard InChI is InChI=1S/C22H23NO5S/c1-13-5-7-16(14(2)11-13)19-20(29-10-9-24)22(26)23(21(19)25)17-12-15(27-3)6-8-18(17)28-4/h5-8,11-12,24H,9-10H2,1-4H3. The first-order chi connectivity index (χ1) is 13.9. The maximum atomic E-state index is 13.5. The van der Waals surface area contributed by atoms with Gasteiger partial charge in [-0.15, -0.1) is 11.8 Å². The Kier molecular flexibility index (Phi) is 6.30. The van der Waals surface area contributed by atoms with Gasteiger partial charge in [-0.25, -0.2) is 4.90 Å². The van der Waals surface area contributed by atoms with E-state index in [4.69, 9.17) is 9.47 Å². The van der Waals surface area contributed by atoms with Crippen LogP contribution in [-0.2, 0) is 9.59 Å². The Morgan fingerprint density at radius 3 is 2.38 bits per heavy atom. The van der Waals surface area contributed by atoms with Gasteiger partial charge in [-0.05, 0) is 37.1 Å². The number of nitrogens with zero attached hydrogens (tertiary/aromatic N) is 1. The van der Waals surface area contributed by atoms with E-state index >= 15 is 0 Å². The average Bonchev–Trinajstić information content (AvgIpc) is 2.95. The quantitative estimate of drug-likeness (QED) is 0.702. The monoisotopic (exact) mass is 413 g/mol. The fraction of sp³-hybridized carbons (Fsp3) is 0.273. The number of anilines is 1. The molecule has 7 heteroatoms. The minimum Gasteiger partial charge on any atom is -0.497 e. The van der Waals surface area contributed by atoms with Crippen LogP contribution in [0, 0.1) is 13.8 Å². The van der Waals surface area contributed by atoms with E-state index in [1.54, 1.807) is 18.2 Å². The molecule has 0 spiro atoms. The molecule has 1 N–H and O–H groups in total. The summed E-state index contributed by atoms with van der Waals surface area (Å²) >= 11 is 1.18. The van der Waals surface area contributed by atoms with E-state index in [0.717, 1.165) is 16.0 Å². The van der Waals surface area contributed by atoms with Gasteiger partial charge in [-0.3, -0.25) is 9.59 Å². The van der Waals surface area contributed by atoms with Gasteiger partial charge in [-0.1, -0.05) is 23.8 Å². The van der Waals surface area contributed by atoms with Gasteiger partial charge in [0.05, 0.1) is 37.0 Å². The molecule has 2 aromatic carbocycles. The van der Waals surface area contributed by atoms with E-state index in [1.165, 1.54) is 26.0 Å². The summed E-state index contributed by atoms with van der Waals surface area (Å²) in [4.78, 5) is 28.2. The Labute approximate surface area is 174 Å². The Morgan fingerprint density at radius 1 is 1.00 bits per heavy atom. The molecule has 0 atom stereocenters. The fourth-order valence-electron chi connectivity index (χ4n) is 3.31. The number of carbonyl (C=O) groups is 2. The van der Waals surface area contributed by atoms with E-state index in [1.807, 2.05) is 32.0 Å². The number of ether oxygens (including phenoxy) is 2. The van der Waals surface area contributed by atoms with Crippen LogP contribution < -0.4 is 14.4 Å². The molecule has 0 aliphatic carbocycles. The molecule has 0 bridgehead atoms. The molecule has 6 nitrogen and oxygen atoms in total. The summed E-state index contributed by atoms with van der Waals surface area (Å²) in [5.74, 6) is 0.349. The molecule has 1 aliphatic rings. The lowest BCUT2D eigenvalue weighted by atomic mass is 9.98. The Hall–Kier alpha value is -2.77. The number of aliphatic hydroxyl groups excluding tert-OH is 1. The third-order valence-corrected chi connectivity index (χ3v) is 5.71. The lowest BCUT2D eigenvalue weighted by molar-refractivity contribution is -0.119. The highest BCUT2D eigenvalue weighted by molar-refractivity contribution is 8.04. The molecule has 1 aliphatic heterocycles. The van der Waals surface area contributed by atoms with E-state index in [9.17, 15) is 14.7 Å². The molecule has 0 saturated heterocycles. The highest BCUT2D eigenvalue weighted by Gasteiger charge is 2.41. The largest absolute Gasteiger partial charge is 0.497 e. The van der Waals surface area contributed by atoms with Crippen LogP contribution in [-0.4, -0.2) is 43.5 Å². The van der Waals surface area contributed by atoms with Crippen LogP contribution in [0.5, 0.6) is 11.5 Å². The number of carbonyl (C=O) groups excluding carboxylic acids is 2. The van der Waals surface area contributed by atoms with Crippen molar-refractivity contribution in [2.75, 3.05) is 31.5 Å². The summed E-state index contributed by atoms with van der Waals surface area (Å²) in [6.45, 7) is 3.79. The van der Waals surface area contributed by atoms with Crippen LogP contribution in [0.15, 0.2) is 41.3 Å². The van der Waals surface area contributed by atoms with Crippen molar-refractivity contribution in [1.82, 2.24) is 0 Å². The van der Waals surface area contributed by atoms with Crippen molar-refractivity contribution >= 4 is 34.8 Å². The third kappa shape index (κ3) is 3.88. The highest BCUT2D eigenvalue weighted by atomic mass is 32.2. The minimum atomic E-state index is -0.435. The predicted octanol–water partition coefficient (Wildman–Crippen LogP) is 3.33. The van der Waals surface area contributed by atoms with Crippen LogP contribution in [0.1, 0.15) is 16.7 Å². The molecule has 1 heterocycles. The van der Waals surface area contributed by atoms with Crippen LogP contribution in [0.2, 0.25) is 0 Å². The van der Waals surface area contributed by atoms with Crippen molar-refractivity contribution in [3.05, 3.63) is 58.0 Å². The molecule has 0 saturated carbocycles. The number of rotatable bonds is 7. The lowest BCUT2D eigenvalue weighted by Gasteiger charge is -2.19. The van der Waals surface area contributed by atoms with E-state index in [-0.39, 0.29) is 6.61 Å². The molecule has 2 aromatic rings. The Morgan fingerprint density at radius 2 is 1.76 bits per heavy atom. The first-order valence-electron chi connectivity index (χ1n) is 9.09. The summed E-state index contributed by atoms with van der Waals surface area (Å²) in [6, 6.07) is 10.7. The minimum absolute atomic E-state index is 0.0989. The number of thioether (sulfide) groups is 1. The van der Waals surface area contributed by atoms with Gasteiger partial charge in [0.15, 0.2) is 0 Å². The third-order valence-electron chi connectivity index (χ3n) is 4.66. The zero-order valence-electron chi connectivity index (χ0n) is 16.8. The van der Waals surface area contributed by atoms with Crippen molar-refractivity contribution in [3.8, 4) is 11.5 Å². The summed E-state index contributed by atoms with van der Waals surface area (Å²) in [6.07, 6.45) is 0. The molecular weight excluding hydrogens is 390 g/mol. The van der Waals surface area contributed by atoms with E-state index in [0.29, 0.717) is 39.0 Å². The molecular formula is C22H23NO5S. The van der Waals surface area contributed by atoms with Crippen molar-refractivity contribution in [2.24, 2.45) is 0 Å². The number of methoxy groups -OCH3 is 2. The number of aryl methyl sites for hydroxylation is 2. The number of amides is 2. The van der Waals surface area contributed by atoms with Crippen molar-refractivity contribution in [3.63, 3.8) is 0 Å². The van der Waals surface area contributed by atoms with Gasteiger partial charge in [0.2, 0.25) is 0 Å². The van der Waals surface area contributed by atoms with E-state index < -0.39 is 11.8 Å². The number of imide groups is 1. The summed E-state index contributed by atoms with van der Waals surface area (Å²) in [5.41, 5.74) is 3.35. The van der Waals surface area contributed by atoms with Gasteiger partial charge < -0.3 is 14.6 Å². The Balaban J connectivity index is 2.16. The highest BCUT2D eigenvalue weighted by Crippen LogP contribution is 2.43. The van der Waals surface area contributed by atoms with Crippen LogP contribution in [0.4, 0.5) is 5.69 Å². The molecule has 0 aromatic heterocycles. The van der Waals surface area contributed by atoms with E-state index in [2.05, 4.69) is 0 Å². The normalized spacial score (nSPS) is 14.0. The summed E-state index contributed by atoms with van der Waals surface area (Å²) < 4.78 is 10.6. The topological polar surface area (TPSA) is 76.1 Å². The van der Waals surface area contributed by atoms with Crippen molar-refractivity contribution in [2.45, 2.75) is 13.8 Å². The number of hydrogen-bond acceptors (Lipinski definition) is 6. The molecule has 152 valence electrons. The van der Waals surface area contributed by atoms with Crippen LogP contribution in [0.25, 0.3) is 5.57 Å². The predicted molar refractivity (Wildman–Crippen MR) is 114 cm³/mol. The first-order valence-corrected chi connectivity index (χ1v) is 10.1. The second-order valence-corrected chi connectivity index (χ2v) is 7.68. The SMILES string of the molecule is COc1ccc(OC)c(N2C(=O)C(SCCO)=C(c3ccc(C)cc3C)C2=O)c1. The Bertz CT molecular complexity index is 999. The van der Waals surface area contributed by atoms with Gasteiger partial charge in [-0.2, -0.15) is 0 Å². The van der Waals surface area contributed by atoms with Gasteiger partial charge in [0.1, 0.15) is 11.5 Å². The zero-order chi connectivity index (χ0) is 21.1. The zero-order valence-corrected chi connectivity index (χ0v) is 17.6. The number of hydrogen-bond donors (Lipinski definition) is 1. The lowest BCUT2D eigenvalue weighted by Crippen LogP contribution is -2.31. The summed E-state index contributed by atoms with van der Waals surface area (Å²) in [7, 11) is 3.00. The second-order valence-electron chi connectivity index (χ2n) is 6.58. The number of aliphatic hydroxyl groups is 1. The fourth-order valence-corrected chi connectivity index (χ4v) is 4.16. The number of benzene rings is 2. The molecule has 29 heavy (non-hydrogen) atoms. The molecule has 0 radical (unpaired) electrons. The van der Waals surface area contributed by atoms with Crippen LogP contribution >= 0.6 is 11.8 Å². The molecule has 0 fully saturated rings. The van der Waals surface area contributed by atoms with Gasteiger partial charge >= 0.3 is 0 Å². The first kappa shape index (κ1) is 21.0. The van der Waals surface area contributed by atoms with Crippen molar-refractivity contribution < 1.29 is 24.2 Å². The van der Waals surface area contributed by atoms with Crippen LogP contribution in [0.3, 0.4) is 0 Å². The van der Waals surface area contributed by atoms with Gasteiger partial charge in [0, 0.05) is 11.8 Å².